The van der Waals surface area contributed by atoms with E-state index in [4.69, 9.17) is 10.5 Å². The minimum absolute atomic E-state index is 0.252. The molecule has 5 heteroatoms. The van der Waals surface area contributed by atoms with E-state index in [0.29, 0.717) is 18.5 Å². The molecule has 1 aliphatic heterocycles. The quantitative estimate of drug-likeness (QED) is 0.720. The lowest BCUT2D eigenvalue weighted by atomic mass is 10.2. The molecule has 5 nitrogen and oxygen atoms in total. The van der Waals surface area contributed by atoms with Crippen molar-refractivity contribution in [3.63, 3.8) is 0 Å². The summed E-state index contributed by atoms with van der Waals surface area (Å²) in [7, 11) is 0. The molecule has 2 N–H and O–H groups in total. The van der Waals surface area contributed by atoms with E-state index in [-0.39, 0.29) is 6.10 Å². The second kappa shape index (κ2) is 3.33. The van der Waals surface area contributed by atoms with Gasteiger partial charge in [-0.15, -0.1) is 5.10 Å². The zero-order valence-electron chi connectivity index (χ0n) is 7.68. The zero-order valence-corrected chi connectivity index (χ0v) is 7.68. The monoisotopic (exact) mass is 182 g/mol. The van der Waals surface area contributed by atoms with E-state index in [2.05, 4.69) is 17.1 Å². The maximum absolute atomic E-state index is 5.63. The first-order valence-corrected chi connectivity index (χ1v) is 4.55. The van der Waals surface area contributed by atoms with Gasteiger partial charge in [-0.1, -0.05) is 0 Å². The number of hydrogen-bond acceptors (Lipinski definition) is 4. The molecule has 1 aromatic rings. The van der Waals surface area contributed by atoms with E-state index in [1.54, 1.807) is 11.0 Å². The lowest BCUT2D eigenvalue weighted by Crippen LogP contribution is -2.18. The first kappa shape index (κ1) is 8.50. The Morgan fingerprint density at radius 3 is 3.08 bits per heavy atom. The molecule has 2 atom stereocenters. The fraction of sp³-hybridized carbons (Fsp3) is 0.750. The second-order valence-electron chi connectivity index (χ2n) is 3.47. The molecule has 0 aromatic carbocycles. The number of nitrogens with zero attached hydrogens (tertiary/aromatic N) is 3. The van der Waals surface area contributed by atoms with Gasteiger partial charge < -0.3 is 10.5 Å². The second-order valence-corrected chi connectivity index (χ2v) is 3.47. The number of nitrogens with two attached hydrogens (primary N) is 1. The Balaban J connectivity index is 1.91. The van der Waals surface area contributed by atoms with Gasteiger partial charge in [0.25, 0.3) is 0 Å². The Kier molecular flexibility index (Phi) is 2.18. The van der Waals surface area contributed by atoms with Gasteiger partial charge >= 0.3 is 0 Å². The summed E-state index contributed by atoms with van der Waals surface area (Å²) in [6.07, 6.45) is 4.39. The summed E-state index contributed by atoms with van der Waals surface area (Å²) in [6, 6.07) is 0. The van der Waals surface area contributed by atoms with Crippen LogP contribution in [-0.4, -0.2) is 27.2 Å². The lowest BCUT2D eigenvalue weighted by molar-refractivity contribution is 0.0412. The number of ether oxygens (including phenoxy) is 1. The summed E-state index contributed by atoms with van der Waals surface area (Å²) in [6.45, 7) is 2.80. The molecular weight excluding hydrogens is 168 g/mol. The van der Waals surface area contributed by atoms with E-state index in [9.17, 15) is 0 Å². The van der Waals surface area contributed by atoms with Gasteiger partial charge in [-0.3, -0.25) is 0 Å². The molecule has 1 saturated heterocycles. The SMILES string of the molecule is CC1CCC(Cn2ncc(N)n2)O1. The molecule has 0 amide bonds. The Labute approximate surface area is 76.9 Å². The van der Waals surface area contributed by atoms with Crippen molar-refractivity contribution >= 4 is 5.82 Å². The summed E-state index contributed by atoms with van der Waals surface area (Å²) >= 11 is 0. The van der Waals surface area contributed by atoms with E-state index < -0.39 is 0 Å². The van der Waals surface area contributed by atoms with Crippen molar-refractivity contribution in [1.82, 2.24) is 15.0 Å². The topological polar surface area (TPSA) is 66.0 Å². The van der Waals surface area contributed by atoms with Crippen LogP contribution in [0.5, 0.6) is 0 Å². The Bertz CT molecular complexity index is 285. The van der Waals surface area contributed by atoms with Crippen molar-refractivity contribution in [3.05, 3.63) is 6.20 Å². The smallest absolute Gasteiger partial charge is 0.165 e. The summed E-state index contributed by atoms with van der Waals surface area (Å²) in [5, 5.41) is 8.01. The van der Waals surface area contributed by atoms with Crippen molar-refractivity contribution in [2.24, 2.45) is 0 Å². The Morgan fingerprint density at radius 2 is 2.54 bits per heavy atom. The third-order valence-electron chi connectivity index (χ3n) is 2.24. The fourth-order valence-electron chi connectivity index (χ4n) is 1.60. The molecule has 1 aromatic heterocycles. The van der Waals surface area contributed by atoms with Gasteiger partial charge in [-0.05, 0) is 19.8 Å². The highest BCUT2D eigenvalue weighted by molar-refractivity contribution is 5.19. The summed E-state index contributed by atoms with van der Waals surface area (Å²) in [4.78, 5) is 1.60. The summed E-state index contributed by atoms with van der Waals surface area (Å²) in [5.74, 6) is 0.464. The molecule has 0 aliphatic carbocycles. The predicted molar refractivity (Wildman–Crippen MR) is 48.0 cm³/mol. The van der Waals surface area contributed by atoms with Gasteiger partial charge in [-0.25, -0.2) is 0 Å². The average Bonchev–Trinajstić information content (AvgIpc) is 2.62. The number of aromatic nitrogens is 3. The van der Waals surface area contributed by atoms with Gasteiger partial charge in [0, 0.05) is 0 Å². The predicted octanol–water partition coefficient (Wildman–Crippen LogP) is 0.428. The van der Waals surface area contributed by atoms with Crippen molar-refractivity contribution < 1.29 is 4.74 Å². The van der Waals surface area contributed by atoms with Crippen LogP contribution in [0.15, 0.2) is 6.20 Å². The van der Waals surface area contributed by atoms with E-state index in [0.717, 1.165) is 12.8 Å². The van der Waals surface area contributed by atoms with Crippen LogP contribution in [0.3, 0.4) is 0 Å². The van der Waals surface area contributed by atoms with Gasteiger partial charge in [0.15, 0.2) is 5.82 Å². The van der Waals surface area contributed by atoms with Crippen LogP contribution in [0.4, 0.5) is 5.82 Å². The van der Waals surface area contributed by atoms with Gasteiger partial charge in [0.05, 0.1) is 24.9 Å². The van der Waals surface area contributed by atoms with Crippen LogP contribution >= 0.6 is 0 Å². The molecule has 0 radical (unpaired) electrons. The zero-order chi connectivity index (χ0) is 9.26. The molecule has 1 fully saturated rings. The van der Waals surface area contributed by atoms with E-state index in [1.807, 2.05) is 0 Å². The first-order valence-electron chi connectivity index (χ1n) is 4.55. The maximum Gasteiger partial charge on any atom is 0.165 e. The molecule has 2 unspecified atom stereocenters. The van der Waals surface area contributed by atoms with Crippen molar-refractivity contribution in [2.75, 3.05) is 5.73 Å². The van der Waals surface area contributed by atoms with Gasteiger partial charge in [0.1, 0.15) is 0 Å². The number of rotatable bonds is 2. The fourth-order valence-corrected chi connectivity index (χ4v) is 1.60. The number of anilines is 1. The molecule has 13 heavy (non-hydrogen) atoms. The Hall–Kier alpha value is -1.10. The minimum atomic E-state index is 0.252. The van der Waals surface area contributed by atoms with Crippen LogP contribution in [0.2, 0.25) is 0 Å². The van der Waals surface area contributed by atoms with Crippen molar-refractivity contribution in [3.8, 4) is 0 Å². The molecule has 2 heterocycles. The van der Waals surface area contributed by atoms with Gasteiger partial charge in [0.2, 0.25) is 0 Å². The van der Waals surface area contributed by atoms with E-state index >= 15 is 0 Å². The highest BCUT2D eigenvalue weighted by Gasteiger charge is 2.22. The van der Waals surface area contributed by atoms with Crippen LogP contribution < -0.4 is 5.73 Å². The highest BCUT2D eigenvalue weighted by atomic mass is 16.5. The van der Waals surface area contributed by atoms with E-state index in [1.165, 1.54) is 0 Å². The summed E-state index contributed by atoms with van der Waals surface area (Å²) in [5.41, 5.74) is 5.44. The normalized spacial score (nSPS) is 28.1. The molecular formula is C8H14N4O. The van der Waals surface area contributed by atoms with Crippen molar-refractivity contribution in [2.45, 2.75) is 38.5 Å². The highest BCUT2D eigenvalue weighted by Crippen LogP contribution is 2.19. The third-order valence-corrected chi connectivity index (χ3v) is 2.24. The first-order chi connectivity index (χ1) is 6.24. The lowest BCUT2D eigenvalue weighted by Gasteiger charge is -2.09. The van der Waals surface area contributed by atoms with Crippen LogP contribution in [0.25, 0.3) is 0 Å². The molecule has 0 saturated carbocycles. The van der Waals surface area contributed by atoms with Crippen LogP contribution in [-0.2, 0) is 11.3 Å². The third kappa shape index (κ3) is 1.98. The molecule has 2 rings (SSSR count). The maximum atomic E-state index is 5.63. The minimum Gasteiger partial charge on any atom is -0.381 e. The van der Waals surface area contributed by atoms with Crippen molar-refractivity contribution in [1.29, 1.82) is 0 Å². The van der Waals surface area contributed by atoms with Crippen LogP contribution in [0.1, 0.15) is 19.8 Å². The largest absolute Gasteiger partial charge is 0.381 e. The number of nitrogen functional groups attached to an aromatic ring is 1. The Morgan fingerprint density at radius 1 is 1.69 bits per heavy atom. The van der Waals surface area contributed by atoms with Crippen LogP contribution in [0, 0.1) is 0 Å². The molecule has 0 spiro atoms. The molecule has 1 aliphatic rings. The molecule has 72 valence electrons. The summed E-state index contributed by atoms with van der Waals surface area (Å²) < 4.78 is 5.63. The standard InChI is InChI=1S/C8H14N4O/c1-6-2-3-7(13-6)5-12-10-4-8(9)11-12/h4,6-7H,2-3,5H2,1H3,(H2,9,11). The molecule has 0 bridgehead atoms. The average molecular weight is 182 g/mol. The number of hydrogen-bond donors (Lipinski definition) is 1. The van der Waals surface area contributed by atoms with Gasteiger partial charge in [-0.2, -0.15) is 9.90 Å².